The van der Waals surface area contributed by atoms with Gasteiger partial charge in [0.1, 0.15) is 11.9 Å². The Balaban J connectivity index is 1.54. The van der Waals surface area contributed by atoms with Gasteiger partial charge in [-0.25, -0.2) is 0 Å². The van der Waals surface area contributed by atoms with E-state index in [4.69, 9.17) is 14.6 Å². The van der Waals surface area contributed by atoms with Crippen molar-refractivity contribution < 1.29 is 24.2 Å². The molecule has 6 heteroatoms. The number of carboxylic acid groups (broad SMARTS) is 1. The van der Waals surface area contributed by atoms with E-state index in [0.29, 0.717) is 18.5 Å². The molecule has 2 fully saturated rings. The average molecular weight is 361 g/mol. The molecule has 0 spiro atoms. The standard InChI is InChI=1S/C20H27NO5/c22-19(23)8-3-15-2-1-11-21(14-15)20(24)16-4-6-17(7-5-16)26-18-9-12-25-13-10-18/h4-7,15,18H,1-3,8-14H2,(H,22,23). The molecule has 1 aromatic carbocycles. The number of likely N-dealkylation sites (tertiary alicyclic amines) is 1. The van der Waals surface area contributed by atoms with Gasteiger partial charge in [0, 0.05) is 37.9 Å². The highest BCUT2D eigenvalue weighted by atomic mass is 16.5. The summed E-state index contributed by atoms with van der Waals surface area (Å²) in [5.41, 5.74) is 0.656. The molecule has 1 amide bonds. The second-order valence-corrected chi connectivity index (χ2v) is 7.15. The lowest BCUT2D eigenvalue weighted by Gasteiger charge is -2.32. The summed E-state index contributed by atoms with van der Waals surface area (Å²) < 4.78 is 11.3. The lowest BCUT2D eigenvalue weighted by molar-refractivity contribution is -0.137. The molecule has 2 aliphatic heterocycles. The van der Waals surface area contributed by atoms with Crippen molar-refractivity contribution in [1.82, 2.24) is 4.90 Å². The van der Waals surface area contributed by atoms with Crippen LogP contribution in [0.1, 0.15) is 48.9 Å². The second-order valence-electron chi connectivity index (χ2n) is 7.15. The van der Waals surface area contributed by atoms with E-state index < -0.39 is 5.97 Å². The van der Waals surface area contributed by atoms with Crippen LogP contribution >= 0.6 is 0 Å². The molecule has 3 rings (SSSR count). The predicted molar refractivity (Wildman–Crippen MR) is 96.4 cm³/mol. The summed E-state index contributed by atoms with van der Waals surface area (Å²) in [5.74, 6) is 0.308. The molecule has 0 radical (unpaired) electrons. The summed E-state index contributed by atoms with van der Waals surface area (Å²) in [6.45, 7) is 2.85. The SMILES string of the molecule is O=C(O)CCC1CCCN(C(=O)c2ccc(OC3CCOCC3)cc2)C1. The van der Waals surface area contributed by atoms with Crippen LogP contribution in [0.5, 0.6) is 5.75 Å². The minimum absolute atomic E-state index is 0.0163. The molecule has 1 atom stereocenters. The van der Waals surface area contributed by atoms with Crippen molar-refractivity contribution in [2.24, 2.45) is 5.92 Å². The van der Waals surface area contributed by atoms with Crippen LogP contribution in [0.3, 0.4) is 0 Å². The highest BCUT2D eigenvalue weighted by Crippen LogP contribution is 2.24. The van der Waals surface area contributed by atoms with Gasteiger partial charge >= 0.3 is 5.97 Å². The molecule has 142 valence electrons. The van der Waals surface area contributed by atoms with Crippen molar-refractivity contribution in [3.05, 3.63) is 29.8 Å². The van der Waals surface area contributed by atoms with E-state index >= 15 is 0 Å². The Hall–Kier alpha value is -2.08. The largest absolute Gasteiger partial charge is 0.490 e. The molecule has 1 aromatic rings. The van der Waals surface area contributed by atoms with Crippen molar-refractivity contribution in [2.75, 3.05) is 26.3 Å². The van der Waals surface area contributed by atoms with E-state index in [0.717, 1.165) is 51.2 Å². The number of carbonyl (C=O) groups is 2. The number of amides is 1. The molecule has 2 saturated heterocycles. The third-order valence-corrected chi connectivity index (χ3v) is 5.14. The zero-order valence-electron chi connectivity index (χ0n) is 15.1. The lowest BCUT2D eigenvalue weighted by Crippen LogP contribution is -2.40. The monoisotopic (exact) mass is 361 g/mol. The predicted octanol–water partition coefficient (Wildman–Crippen LogP) is 2.96. The van der Waals surface area contributed by atoms with Crippen molar-refractivity contribution >= 4 is 11.9 Å². The molecule has 0 aliphatic carbocycles. The van der Waals surface area contributed by atoms with Gasteiger partial charge < -0.3 is 19.5 Å². The third kappa shape index (κ3) is 5.21. The minimum Gasteiger partial charge on any atom is -0.490 e. The first-order chi connectivity index (χ1) is 12.6. The second kappa shape index (κ2) is 9.03. The maximum absolute atomic E-state index is 12.7. The van der Waals surface area contributed by atoms with Gasteiger partial charge in [0.15, 0.2) is 0 Å². The first-order valence-corrected chi connectivity index (χ1v) is 9.47. The third-order valence-electron chi connectivity index (χ3n) is 5.14. The van der Waals surface area contributed by atoms with Gasteiger partial charge in [0.2, 0.25) is 0 Å². The van der Waals surface area contributed by atoms with Crippen LogP contribution in [0.25, 0.3) is 0 Å². The Morgan fingerprint density at radius 1 is 1.15 bits per heavy atom. The fourth-order valence-electron chi connectivity index (χ4n) is 3.66. The van der Waals surface area contributed by atoms with Gasteiger partial charge in [-0.15, -0.1) is 0 Å². The van der Waals surface area contributed by atoms with Crippen molar-refractivity contribution in [3.63, 3.8) is 0 Å². The molecule has 2 aliphatic rings. The van der Waals surface area contributed by atoms with Crippen LogP contribution in [0, 0.1) is 5.92 Å². The maximum atomic E-state index is 12.7. The Labute approximate surface area is 154 Å². The number of piperidine rings is 1. The zero-order valence-corrected chi connectivity index (χ0v) is 15.1. The van der Waals surface area contributed by atoms with Crippen LogP contribution in [0.2, 0.25) is 0 Å². The van der Waals surface area contributed by atoms with Gasteiger partial charge in [-0.3, -0.25) is 9.59 Å². The first kappa shape index (κ1) is 18.7. The number of nitrogens with zero attached hydrogens (tertiary/aromatic N) is 1. The summed E-state index contributed by atoms with van der Waals surface area (Å²) in [5, 5.41) is 8.84. The number of carboxylic acids is 1. The van der Waals surface area contributed by atoms with E-state index in [1.807, 2.05) is 29.2 Å². The molecule has 1 N–H and O–H groups in total. The van der Waals surface area contributed by atoms with Crippen LogP contribution < -0.4 is 4.74 Å². The summed E-state index contributed by atoms with van der Waals surface area (Å²) >= 11 is 0. The van der Waals surface area contributed by atoms with E-state index in [1.165, 1.54) is 0 Å². The molecule has 6 nitrogen and oxygen atoms in total. The smallest absolute Gasteiger partial charge is 0.303 e. The summed E-state index contributed by atoms with van der Waals surface area (Å²) in [4.78, 5) is 25.3. The summed E-state index contributed by atoms with van der Waals surface area (Å²) in [6, 6.07) is 7.35. The number of hydrogen-bond acceptors (Lipinski definition) is 4. The van der Waals surface area contributed by atoms with Crippen LogP contribution in [-0.4, -0.2) is 54.3 Å². The van der Waals surface area contributed by atoms with Gasteiger partial charge in [-0.05, 0) is 49.4 Å². The normalized spacial score (nSPS) is 21.4. The number of rotatable bonds is 6. The molecule has 2 heterocycles. The number of hydrogen-bond donors (Lipinski definition) is 1. The van der Waals surface area contributed by atoms with Crippen molar-refractivity contribution in [3.8, 4) is 5.75 Å². The van der Waals surface area contributed by atoms with Crippen LogP contribution in [0.15, 0.2) is 24.3 Å². The van der Waals surface area contributed by atoms with Crippen molar-refractivity contribution in [1.29, 1.82) is 0 Å². The molecular formula is C20H27NO5. The highest BCUT2D eigenvalue weighted by Gasteiger charge is 2.25. The average Bonchev–Trinajstić information content (AvgIpc) is 2.67. The van der Waals surface area contributed by atoms with Gasteiger partial charge in [0.05, 0.1) is 13.2 Å². The molecule has 1 unspecified atom stereocenters. The van der Waals surface area contributed by atoms with Gasteiger partial charge in [-0.1, -0.05) is 0 Å². The van der Waals surface area contributed by atoms with E-state index in [9.17, 15) is 9.59 Å². The van der Waals surface area contributed by atoms with E-state index in [1.54, 1.807) is 0 Å². The van der Waals surface area contributed by atoms with Crippen molar-refractivity contribution in [2.45, 2.75) is 44.6 Å². The van der Waals surface area contributed by atoms with Gasteiger partial charge in [-0.2, -0.15) is 0 Å². The van der Waals surface area contributed by atoms with E-state index in [-0.39, 0.29) is 24.3 Å². The minimum atomic E-state index is -0.770. The number of carbonyl (C=O) groups excluding carboxylic acids is 1. The molecule has 0 bridgehead atoms. The topological polar surface area (TPSA) is 76.1 Å². The number of ether oxygens (including phenoxy) is 2. The molecule has 0 aromatic heterocycles. The Morgan fingerprint density at radius 2 is 1.88 bits per heavy atom. The molecule has 26 heavy (non-hydrogen) atoms. The zero-order chi connectivity index (χ0) is 18.4. The lowest BCUT2D eigenvalue weighted by atomic mass is 9.93. The van der Waals surface area contributed by atoms with Gasteiger partial charge in [0.25, 0.3) is 5.91 Å². The van der Waals surface area contributed by atoms with Crippen LogP contribution in [0.4, 0.5) is 0 Å². The first-order valence-electron chi connectivity index (χ1n) is 9.47. The number of aliphatic carboxylic acids is 1. The highest BCUT2D eigenvalue weighted by molar-refractivity contribution is 5.94. The fraction of sp³-hybridized carbons (Fsp3) is 0.600. The summed E-state index contributed by atoms with van der Waals surface area (Å²) in [6.07, 6.45) is 4.71. The Morgan fingerprint density at radius 3 is 2.58 bits per heavy atom. The van der Waals surface area contributed by atoms with Crippen LogP contribution in [-0.2, 0) is 9.53 Å². The fourth-order valence-corrected chi connectivity index (χ4v) is 3.66. The molecular weight excluding hydrogens is 334 g/mol. The maximum Gasteiger partial charge on any atom is 0.303 e. The Kier molecular flexibility index (Phi) is 6.50. The van der Waals surface area contributed by atoms with E-state index in [2.05, 4.69) is 0 Å². The quantitative estimate of drug-likeness (QED) is 0.843. The summed E-state index contributed by atoms with van der Waals surface area (Å²) in [7, 11) is 0. The number of benzene rings is 1. The Bertz CT molecular complexity index is 609. The molecule has 0 saturated carbocycles.